The molecule has 0 saturated carbocycles. The van der Waals surface area contributed by atoms with Crippen molar-refractivity contribution in [2.45, 2.75) is 137 Å². The monoisotopic (exact) mass is 1020 g/mol. The van der Waals surface area contributed by atoms with Crippen molar-refractivity contribution < 1.29 is 110 Å². The average molecular weight is 1020 g/mol. The largest absolute Gasteiger partial charge is 0.492 e. The SMILES string of the molecule is CCCCCCCCCCCCOc1cc(Br)c(OCC(F)(F)C(F)(F)C(F)(F)C(F)(F)C(F)(F)C(F)(F)C(F)(F)C(F)(F)C(F)(F)C(F)(F)C(F)(F)F)cc1Br. The summed E-state index contributed by atoms with van der Waals surface area (Å²) in [5.74, 6) is -89.4. The summed E-state index contributed by atoms with van der Waals surface area (Å²) in [4.78, 5) is 0. The molecular formula is C30H29Br2F23O2. The van der Waals surface area contributed by atoms with Gasteiger partial charge in [0.15, 0.2) is 6.61 Å². The zero-order chi connectivity index (χ0) is 45.1. The Morgan fingerprint density at radius 3 is 1.00 bits per heavy atom. The molecule has 1 aromatic carbocycles. The molecule has 1 aromatic rings. The summed E-state index contributed by atoms with van der Waals surface area (Å²) in [6, 6.07) is 1.50. The summed E-state index contributed by atoms with van der Waals surface area (Å²) in [5.41, 5.74) is 0. The second kappa shape index (κ2) is 18.0. The molecule has 0 bridgehead atoms. The van der Waals surface area contributed by atoms with Gasteiger partial charge < -0.3 is 9.47 Å². The fourth-order valence-corrected chi connectivity index (χ4v) is 5.42. The highest BCUT2D eigenvalue weighted by atomic mass is 79.9. The van der Waals surface area contributed by atoms with Crippen LogP contribution in [0.15, 0.2) is 21.1 Å². The Morgan fingerprint density at radius 1 is 0.386 bits per heavy atom. The van der Waals surface area contributed by atoms with Crippen molar-refractivity contribution in [3.8, 4) is 11.5 Å². The lowest BCUT2D eigenvalue weighted by Gasteiger charge is -2.45. The number of benzene rings is 1. The van der Waals surface area contributed by atoms with Crippen LogP contribution in [-0.2, 0) is 0 Å². The zero-order valence-corrected chi connectivity index (χ0v) is 31.6. The summed E-state index contributed by atoms with van der Waals surface area (Å²) in [6.07, 6.45) is 1.37. The molecule has 1 rings (SSSR count). The highest BCUT2D eigenvalue weighted by Crippen LogP contribution is 2.67. The Kier molecular flexibility index (Phi) is 16.8. The van der Waals surface area contributed by atoms with Crippen molar-refractivity contribution in [2.75, 3.05) is 13.2 Å². The van der Waals surface area contributed by atoms with E-state index in [0.717, 1.165) is 57.4 Å². The minimum absolute atomic E-state index is 0.0467. The lowest BCUT2D eigenvalue weighted by Crippen LogP contribution is -2.77. The third-order valence-electron chi connectivity index (χ3n) is 8.12. The maximum atomic E-state index is 14.4. The molecular weight excluding hydrogens is 989 g/mol. The van der Waals surface area contributed by atoms with Gasteiger partial charge in [-0.05, 0) is 50.4 Å². The smallest absolute Gasteiger partial charge is 0.460 e. The fraction of sp³-hybridized carbons (Fsp3) is 0.800. The molecule has 0 atom stereocenters. The van der Waals surface area contributed by atoms with E-state index in [2.05, 4.69) is 43.5 Å². The molecule has 0 radical (unpaired) electrons. The molecule has 2 nitrogen and oxygen atoms in total. The van der Waals surface area contributed by atoms with Crippen molar-refractivity contribution in [3.05, 3.63) is 21.1 Å². The van der Waals surface area contributed by atoms with Gasteiger partial charge in [0.05, 0.1) is 15.6 Å². The van der Waals surface area contributed by atoms with E-state index in [4.69, 9.17) is 4.74 Å². The molecule has 0 fully saturated rings. The summed E-state index contributed by atoms with van der Waals surface area (Å²) >= 11 is 5.50. The van der Waals surface area contributed by atoms with E-state index in [-0.39, 0.29) is 16.8 Å². The Hall–Kier alpha value is -1.83. The maximum Gasteiger partial charge on any atom is 0.460 e. The molecule has 0 aromatic heterocycles. The van der Waals surface area contributed by atoms with Gasteiger partial charge in [0.25, 0.3) is 0 Å². The zero-order valence-electron chi connectivity index (χ0n) is 28.4. The first-order chi connectivity index (χ1) is 25.3. The minimum atomic E-state index is -9.45. The normalized spacial score (nSPS) is 15.0. The molecule has 0 unspecified atom stereocenters. The van der Waals surface area contributed by atoms with Crippen LogP contribution in [-0.4, -0.2) is 78.6 Å². The van der Waals surface area contributed by atoms with Crippen molar-refractivity contribution in [1.82, 2.24) is 0 Å². The van der Waals surface area contributed by atoms with Gasteiger partial charge in [0.2, 0.25) is 0 Å². The van der Waals surface area contributed by atoms with Gasteiger partial charge in [-0.1, -0.05) is 64.7 Å². The number of ether oxygens (including phenoxy) is 2. The second-order valence-corrected chi connectivity index (χ2v) is 14.1. The van der Waals surface area contributed by atoms with Crippen LogP contribution in [0.25, 0.3) is 0 Å². The molecule has 27 heteroatoms. The lowest BCUT2D eigenvalue weighted by molar-refractivity contribution is -0.478. The summed E-state index contributed by atoms with van der Waals surface area (Å²) in [6.45, 7) is -1.17. The van der Waals surface area contributed by atoms with E-state index in [0.29, 0.717) is 18.9 Å². The topological polar surface area (TPSA) is 18.5 Å². The van der Waals surface area contributed by atoms with Crippen molar-refractivity contribution in [1.29, 1.82) is 0 Å². The standard InChI is InChI=1S/C30H29Br2F23O2/c1-2-3-4-5-6-7-8-9-10-11-12-56-18-13-17(32)19(14-16(18)31)57-15-20(33,34)21(35,36)22(37,38)23(39,40)24(41,42)25(43,44)26(45,46)27(47,48)28(49,50)29(51,52)30(53,54)55/h13-14H,2-12,15H2,1H3. The number of rotatable bonds is 24. The highest BCUT2D eigenvalue weighted by Gasteiger charge is 2.98. The average Bonchev–Trinajstić information content (AvgIpc) is 3.06. The van der Waals surface area contributed by atoms with Gasteiger partial charge in [0, 0.05) is 0 Å². The Bertz CT molecular complexity index is 1460. The maximum absolute atomic E-state index is 14.4. The number of halogens is 25. The molecule has 0 aliphatic carbocycles. The van der Waals surface area contributed by atoms with E-state index in [1.807, 2.05) is 0 Å². The molecule has 0 heterocycles. The first-order valence-corrected chi connectivity index (χ1v) is 17.5. The minimum Gasteiger partial charge on any atom is -0.492 e. The predicted molar refractivity (Wildman–Crippen MR) is 160 cm³/mol. The molecule has 0 spiro atoms. The van der Waals surface area contributed by atoms with Crippen LogP contribution in [0.3, 0.4) is 0 Å². The van der Waals surface area contributed by atoms with Gasteiger partial charge >= 0.3 is 65.4 Å². The second-order valence-electron chi connectivity index (χ2n) is 12.4. The van der Waals surface area contributed by atoms with Gasteiger partial charge in [-0.3, -0.25) is 0 Å². The Morgan fingerprint density at radius 2 is 0.667 bits per heavy atom. The summed E-state index contributed by atoms with van der Waals surface area (Å²) < 4.78 is 323. The van der Waals surface area contributed by atoms with Crippen LogP contribution >= 0.6 is 31.9 Å². The molecule has 0 aliphatic rings. The van der Waals surface area contributed by atoms with E-state index in [1.54, 1.807) is 0 Å². The third kappa shape index (κ3) is 9.72. The number of unbranched alkanes of at least 4 members (excludes halogenated alkanes) is 9. The Labute approximate surface area is 324 Å². The van der Waals surface area contributed by atoms with E-state index < -0.39 is 82.2 Å². The molecule has 336 valence electrons. The number of hydrogen-bond donors (Lipinski definition) is 0. The van der Waals surface area contributed by atoms with Gasteiger partial charge in [0.1, 0.15) is 11.5 Å². The van der Waals surface area contributed by atoms with Crippen LogP contribution < -0.4 is 9.47 Å². The van der Waals surface area contributed by atoms with E-state index >= 15 is 0 Å². The summed E-state index contributed by atoms with van der Waals surface area (Å²) in [5, 5.41) is 0. The van der Waals surface area contributed by atoms with Crippen LogP contribution in [0, 0.1) is 0 Å². The molecule has 0 saturated heterocycles. The van der Waals surface area contributed by atoms with Crippen molar-refractivity contribution in [3.63, 3.8) is 0 Å². The first-order valence-electron chi connectivity index (χ1n) is 15.9. The molecule has 0 aliphatic heterocycles. The molecule has 0 N–H and O–H groups in total. The summed E-state index contributed by atoms with van der Waals surface area (Å²) in [7, 11) is 0. The van der Waals surface area contributed by atoms with E-state index in [9.17, 15) is 101 Å². The fourth-order valence-electron chi connectivity index (χ4n) is 4.55. The van der Waals surface area contributed by atoms with Gasteiger partial charge in [-0.25, -0.2) is 0 Å². The molecule has 0 amide bonds. The third-order valence-corrected chi connectivity index (χ3v) is 9.36. The number of alkyl halides is 23. The number of hydrogen-bond acceptors (Lipinski definition) is 2. The van der Waals surface area contributed by atoms with Crippen molar-refractivity contribution in [2.24, 2.45) is 0 Å². The lowest BCUT2D eigenvalue weighted by atomic mass is 9.85. The highest BCUT2D eigenvalue weighted by molar-refractivity contribution is 9.11. The Balaban J connectivity index is 3.26. The quantitative estimate of drug-likeness (QED) is 0.0759. The molecule has 57 heavy (non-hydrogen) atoms. The van der Waals surface area contributed by atoms with Crippen molar-refractivity contribution >= 4 is 31.9 Å². The predicted octanol–water partition coefficient (Wildman–Crippen LogP) is 14.8. The van der Waals surface area contributed by atoms with E-state index in [1.165, 1.54) is 0 Å². The van der Waals surface area contributed by atoms with Crippen LogP contribution in [0.2, 0.25) is 0 Å². The van der Waals surface area contributed by atoms with Gasteiger partial charge in [-0.2, -0.15) is 101 Å². The first kappa shape index (κ1) is 53.2. The van der Waals surface area contributed by atoms with Gasteiger partial charge in [-0.15, -0.1) is 0 Å². The van der Waals surface area contributed by atoms with Crippen LogP contribution in [0.5, 0.6) is 11.5 Å². The van der Waals surface area contributed by atoms with Crippen LogP contribution in [0.1, 0.15) is 71.1 Å². The van der Waals surface area contributed by atoms with Crippen LogP contribution in [0.4, 0.5) is 101 Å².